The molecule has 0 unspecified atom stereocenters. The van der Waals surface area contributed by atoms with Gasteiger partial charge in [0.1, 0.15) is 11.5 Å². The van der Waals surface area contributed by atoms with Crippen molar-refractivity contribution < 1.29 is 10.2 Å². The average Bonchev–Trinajstić information content (AvgIpc) is 3.09. The first-order valence-corrected chi connectivity index (χ1v) is 19.2. The van der Waals surface area contributed by atoms with Crippen LogP contribution >= 0.6 is 0 Å². The van der Waals surface area contributed by atoms with Crippen LogP contribution in [0.5, 0.6) is 11.5 Å². The van der Waals surface area contributed by atoms with E-state index in [1.165, 1.54) is 33.6 Å². The predicted octanol–water partition coefficient (Wildman–Crippen LogP) is 10.6. The Morgan fingerprint density at radius 3 is 1.25 bits per heavy atom. The molecule has 0 bridgehead atoms. The Balaban J connectivity index is 1.21. The van der Waals surface area contributed by atoms with Gasteiger partial charge in [-0.3, -0.25) is 9.98 Å². The van der Waals surface area contributed by atoms with Gasteiger partial charge in [-0.1, -0.05) is 91.8 Å². The Kier molecular flexibility index (Phi) is 7.95. The first-order valence-electron chi connectivity index (χ1n) is 19.2. The number of phenols is 2. The van der Waals surface area contributed by atoms with Crippen LogP contribution in [-0.2, 0) is 21.7 Å². The second-order valence-electron chi connectivity index (χ2n) is 18.2. The second-order valence-corrected chi connectivity index (χ2v) is 18.2. The number of hydrogen-bond donors (Lipinski definition) is 2. The van der Waals surface area contributed by atoms with Crippen LogP contribution in [0.1, 0.15) is 114 Å². The lowest BCUT2D eigenvalue weighted by molar-refractivity contribution is 0.392. The van der Waals surface area contributed by atoms with E-state index in [2.05, 4.69) is 77.3 Å². The van der Waals surface area contributed by atoms with E-state index in [1.54, 1.807) is 0 Å². The number of nitrogens with zero attached hydrogens (tertiary/aromatic N) is 4. The summed E-state index contributed by atoms with van der Waals surface area (Å²) in [4.78, 5) is 15.3. The normalized spacial score (nSPS) is 20.6. The lowest BCUT2D eigenvalue weighted by Gasteiger charge is -2.48. The van der Waals surface area contributed by atoms with E-state index in [-0.39, 0.29) is 21.7 Å². The SMILES string of the molecule is CC1(C)CCN2CCC(C)(C)c3c(C=Nc4ccccc4-c4ccccc4N=Cc4c(O)cc5c6c4C(C)(C)CCN6CCC5(C)C)c(O)cc1c32. The predicted molar refractivity (Wildman–Crippen MR) is 218 cm³/mol. The summed E-state index contributed by atoms with van der Waals surface area (Å²) in [6.07, 6.45) is 7.97. The van der Waals surface area contributed by atoms with Crippen LogP contribution in [0.3, 0.4) is 0 Å². The van der Waals surface area contributed by atoms with Gasteiger partial charge in [0.25, 0.3) is 0 Å². The number of benzene rings is 4. The van der Waals surface area contributed by atoms with Crippen molar-refractivity contribution >= 4 is 35.2 Å². The highest BCUT2D eigenvalue weighted by Gasteiger charge is 2.43. The molecule has 4 aromatic rings. The third-order valence-electron chi connectivity index (χ3n) is 12.9. The number of phenolic OH excluding ortho intramolecular Hbond substituents is 2. The van der Waals surface area contributed by atoms with Gasteiger partial charge >= 0.3 is 0 Å². The fourth-order valence-electron chi connectivity index (χ4n) is 9.41. The van der Waals surface area contributed by atoms with Gasteiger partial charge in [-0.25, -0.2) is 0 Å². The lowest BCUT2D eigenvalue weighted by atomic mass is 9.68. The van der Waals surface area contributed by atoms with Crippen molar-refractivity contribution in [2.75, 3.05) is 36.0 Å². The Morgan fingerprint density at radius 1 is 0.519 bits per heavy atom. The van der Waals surface area contributed by atoms with Gasteiger partial charge in [0, 0.05) is 72.2 Å². The average molecular weight is 695 g/mol. The summed E-state index contributed by atoms with van der Waals surface area (Å²) in [6.45, 7) is 22.5. The van der Waals surface area contributed by atoms with Crippen LogP contribution in [0.4, 0.5) is 22.7 Å². The van der Waals surface area contributed by atoms with E-state index in [1.807, 2.05) is 61.0 Å². The smallest absolute Gasteiger partial charge is 0.125 e. The molecule has 0 aromatic heterocycles. The molecule has 4 heterocycles. The third-order valence-corrected chi connectivity index (χ3v) is 12.9. The van der Waals surface area contributed by atoms with E-state index >= 15 is 0 Å². The molecule has 2 N–H and O–H groups in total. The number of para-hydroxylation sites is 2. The zero-order valence-corrected chi connectivity index (χ0v) is 32.3. The van der Waals surface area contributed by atoms with E-state index in [0.29, 0.717) is 11.5 Å². The molecule has 4 aromatic carbocycles. The third kappa shape index (κ3) is 5.52. The molecule has 0 saturated heterocycles. The monoisotopic (exact) mass is 694 g/mol. The number of anilines is 2. The van der Waals surface area contributed by atoms with Crippen LogP contribution in [0.25, 0.3) is 11.1 Å². The maximum atomic E-state index is 11.6. The zero-order valence-electron chi connectivity index (χ0n) is 32.3. The van der Waals surface area contributed by atoms with Gasteiger partial charge in [-0.2, -0.15) is 0 Å². The molecule has 0 aliphatic carbocycles. The summed E-state index contributed by atoms with van der Waals surface area (Å²) < 4.78 is 0. The summed E-state index contributed by atoms with van der Waals surface area (Å²) in [5.41, 5.74) is 12.4. The van der Waals surface area contributed by atoms with Crippen LogP contribution < -0.4 is 9.80 Å². The highest BCUT2D eigenvalue weighted by Crippen LogP contribution is 2.54. The fourth-order valence-corrected chi connectivity index (χ4v) is 9.41. The largest absolute Gasteiger partial charge is 0.507 e. The fraction of sp³-hybridized carbons (Fsp3) is 0.435. The minimum Gasteiger partial charge on any atom is -0.507 e. The van der Waals surface area contributed by atoms with Crippen molar-refractivity contribution in [2.24, 2.45) is 9.98 Å². The van der Waals surface area contributed by atoms with Crippen molar-refractivity contribution in [3.63, 3.8) is 0 Å². The Bertz CT molecular complexity index is 2000. The summed E-state index contributed by atoms with van der Waals surface area (Å²) >= 11 is 0. The lowest BCUT2D eigenvalue weighted by Crippen LogP contribution is -2.45. The maximum Gasteiger partial charge on any atom is 0.125 e. The van der Waals surface area contributed by atoms with Crippen molar-refractivity contribution in [3.05, 3.63) is 94.0 Å². The van der Waals surface area contributed by atoms with Crippen molar-refractivity contribution in [1.82, 2.24) is 0 Å². The Labute approximate surface area is 310 Å². The molecular weight excluding hydrogens is 641 g/mol. The van der Waals surface area contributed by atoms with Crippen LogP contribution in [0.2, 0.25) is 0 Å². The highest BCUT2D eigenvalue weighted by molar-refractivity contribution is 5.96. The zero-order chi connectivity index (χ0) is 36.8. The number of hydrogen-bond acceptors (Lipinski definition) is 6. The molecule has 0 spiro atoms. The molecule has 0 atom stereocenters. The molecule has 0 saturated carbocycles. The van der Waals surface area contributed by atoms with Crippen molar-refractivity contribution in [3.8, 4) is 22.6 Å². The van der Waals surface area contributed by atoms with E-state index < -0.39 is 0 Å². The van der Waals surface area contributed by atoms with Gasteiger partial charge in [0.15, 0.2) is 0 Å². The van der Waals surface area contributed by atoms with E-state index in [9.17, 15) is 10.2 Å². The summed E-state index contributed by atoms with van der Waals surface area (Å²) in [5.74, 6) is 0.590. The Morgan fingerprint density at radius 2 is 0.865 bits per heavy atom. The van der Waals surface area contributed by atoms with Crippen molar-refractivity contribution in [1.29, 1.82) is 0 Å². The highest BCUT2D eigenvalue weighted by atomic mass is 16.3. The first-order chi connectivity index (χ1) is 24.6. The van der Waals surface area contributed by atoms with Gasteiger partial charge in [-0.05, 0) is 93.9 Å². The number of aliphatic imine (C=N–C) groups is 2. The van der Waals surface area contributed by atoms with Crippen LogP contribution in [-0.4, -0.2) is 48.8 Å². The van der Waals surface area contributed by atoms with Gasteiger partial charge in [0.05, 0.1) is 11.4 Å². The standard InChI is InChI=1S/C46H54N4O2/c1-43(2)17-21-49-23-19-45(5,6)39-31(37(51)25-33(43)41(39)49)27-47-35-15-11-9-13-29(35)30-14-10-12-16-36(30)48-28-32-38(52)26-34-42-40(32)46(7,8)20-24-50(42)22-18-44(34,3)4/h9-16,25-28,51-52H,17-24H2,1-8H3. The van der Waals surface area contributed by atoms with Crippen molar-refractivity contribution in [2.45, 2.75) is 103 Å². The molecule has 52 heavy (non-hydrogen) atoms. The second kappa shape index (κ2) is 12.0. The van der Waals surface area contributed by atoms with Gasteiger partial charge < -0.3 is 20.0 Å². The number of rotatable bonds is 5. The van der Waals surface area contributed by atoms with Crippen LogP contribution in [0, 0.1) is 0 Å². The molecule has 8 rings (SSSR count). The topological polar surface area (TPSA) is 71.7 Å². The minimum absolute atomic E-state index is 0.00265. The molecule has 6 nitrogen and oxygen atoms in total. The summed E-state index contributed by atoms with van der Waals surface area (Å²) in [6, 6.07) is 20.3. The Hall–Kier alpha value is -4.58. The summed E-state index contributed by atoms with van der Waals surface area (Å²) in [5, 5.41) is 23.2. The van der Waals surface area contributed by atoms with Gasteiger partial charge in [0.2, 0.25) is 0 Å². The first kappa shape index (κ1) is 34.5. The quantitative estimate of drug-likeness (QED) is 0.204. The molecule has 0 radical (unpaired) electrons. The number of aromatic hydroxyl groups is 2. The van der Waals surface area contributed by atoms with Gasteiger partial charge in [-0.15, -0.1) is 0 Å². The molecule has 0 amide bonds. The van der Waals surface area contributed by atoms with E-state index in [4.69, 9.17) is 9.98 Å². The van der Waals surface area contributed by atoms with Crippen LogP contribution in [0.15, 0.2) is 70.6 Å². The van der Waals surface area contributed by atoms with E-state index in [0.717, 1.165) is 85.5 Å². The molecule has 270 valence electrons. The molecule has 0 fully saturated rings. The molecule has 4 aliphatic rings. The minimum atomic E-state index is -0.0994. The molecule has 4 aliphatic heterocycles. The molecular formula is C46H54N4O2. The molecule has 6 heteroatoms. The summed E-state index contributed by atoms with van der Waals surface area (Å²) in [7, 11) is 0. The maximum absolute atomic E-state index is 11.6.